The molecule has 0 fully saturated rings. The molecule has 1 heterocycles. The Morgan fingerprint density at radius 2 is 2.00 bits per heavy atom. The van der Waals surface area contributed by atoms with Gasteiger partial charge in [-0.05, 0) is 24.1 Å². The maximum atomic E-state index is 5.45. The number of ether oxygens (including phenoxy) is 2. The Balaban J connectivity index is 2.12. The summed E-state index contributed by atoms with van der Waals surface area (Å²) in [5.74, 6) is 6.58. The fourth-order valence-corrected chi connectivity index (χ4v) is 1.42. The normalized spacial score (nSPS) is 14.1. The van der Waals surface area contributed by atoms with Crippen LogP contribution in [0.25, 0.3) is 0 Å². The van der Waals surface area contributed by atoms with Crippen molar-refractivity contribution in [2.45, 2.75) is 6.42 Å². The van der Waals surface area contributed by atoms with Gasteiger partial charge >= 0.3 is 0 Å². The summed E-state index contributed by atoms with van der Waals surface area (Å²) < 4.78 is 10.8. The van der Waals surface area contributed by atoms with Gasteiger partial charge in [-0.3, -0.25) is 0 Å². The first-order chi connectivity index (χ1) is 6.90. The van der Waals surface area contributed by atoms with Gasteiger partial charge in [0.25, 0.3) is 0 Å². The van der Waals surface area contributed by atoms with E-state index in [-0.39, 0.29) is 0 Å². The van der Waals surface area contributed by atoms with Crippen molar-refractivity contribution < 1.29 is 14.3 Å². The lowest BCUT2D eigenvalue weighted by Crippen LogP contribution is -2.15. The van der Waals surface area contributed by atoms with Crippen LogP contribution in [-0.2, 0) is 11.3 Å². The molecule has 0 saturated carbocycles. The molecule has 2 rings (SSSR count). The summed E-state index contributed by atoms with van der Waals surface area (Å²) >= 11 is 0. The molecular weight excluding hydrogens is 182 g/mol. The van der Waals surface area contributed by atoms with Crippen molar-refractivity contribution in [2.75, 3.05) is 19.8 Å². The smallest absolute Gasteiger partial charge is 0.161 e. The number of benzene rings is 1. The van der Waals surface area contributed by atoms with Gasteiger partial charge < -0.3 is 14.3 Å². The molecule has 1 aliphatic rings. The number of fused-ring (bicyclic) bond motifs is 1. The van der Waals surface area contributed by atoms with Crippen molar-refractivity contribution in [3.8, 4) is 11.5 Å². The minimum atomic E-state index is 0.514. The molecule has 0 aromatic heterocycles. The van der Waals surface area contributed by atoms with E-state index in [1.165, 1.54) is 0 Å². The first kappa shape index (κ1) is 9.30. The molecule has 14 heavy (non-hydrogen) atoms. The first-order valence-corrected chi connectivity index (χ1v) is 4.60. The minimum Gasteiger partial charge on any atom is -0.486 e. The molecule has 1 aliphatic heterocycles. The molecule has 0 atom stereocenters. The van der Waals surface area contributed by atoms with Crippen LogP contribution in [0, 0.1) is 0 Å². The van der Waals surface area contributed by atoms with Crippen LogP contribution in [0.3, 0.4) is 0 Å². The molecule has 0 amide bonds. The van der Waals surface area contributed by atoms with E-state index in [0.717, 1.165) is 23.5 Å². The van der Waals surface area contributed by atoms with Crippen molar-refractivity contribution in [1.29, 1.82) is 0 Å². The Bertz CT molecular complexity index is 314. The second-order valence-electron chi connectivity index (χ2n) is 3.10. The molecule has 0 aliphatic carbocycles. The topological polar surface area (TPSA) is 53.7 Å². The van der Waals surface area contributed by atoms with Crippen LogP contribution in [-0.4, -0.2) is 19.8 Å². The highest BCUT2D eigenvalue weighted by molar-refractivity contribution is 5.43. The van der Waals surface area contributed by atoms with E-state index in [4.69, 9.17) is 15.4 Å². The molecule has 0 radical (unpaired) electrons. The predicted octanol–water partition coefficient (Wildman–Crippen LogP) is 0.891. The van der Waals surface area contributed by atoms with Gasteiger partial charge in [0, 0.05) is 0 Å². The highest BCUT2D eigenvalue weighted by Gasteiger charge is 2.11. The van der Waals surface area contributed by atoms with Gasteiger partial charge in [-0.15, -0.1) is 0 Å². The Hall–Kier alpha value is -1.26. The number of hydrogen-bond acceptors (Lipinski definition) is 4. The molecule has 0 saturated heterocycles. The average Bonchev–Trinajstić information content (AvgIpc) is 2.26. The van der Waals surface area contributed by atoms with Gasteiger partial charge in [0.1, 0.15) is 13.2 Å². The van der Waals surface area contributed by atoms with Gasteiger partial charge in [0.05, 0.1) is 6.61 Å². The maximum Gasteiger partial charge on any atom is 0.161 e. The molecule has 0 bridgehead atoms. The molecular formula is C10H13NO3. The number of rotatable bonds is 3. The fraction of sp³-hybridized carbons (Fsp3) is 0.400. The van der Waals surface area contributed by atoms with Crippen LogP contribution in [0.2, 0.25) is 0 Å². The SMILES string of the molecule is NOCCc1ccc2c(c1)OCCO2. The van der Waals surface area contributed by atoms with Crippen LogP contribution in [0.4, 0.5) is 0 Å². The van der Waals surface area contributed by atoms with Crippen LogP contribution < -0.4 is 15.4 Å². The summed E-state index contributed by atoms with van der Waals surface area (Å²) in [7, 11) is 0. The van der Waals surface area contributed by atoms with E-state index in [2.05, 4.69) is 4.84 Å². The monoisotopic (exact) mass is 195 g/mol. The van der Waals surface area contributed by atoms with E-state index in [1.807, 2.05) is 18.2 Å². The Morgan fingerprint density at radius 1 is 1.21 bits per heavy atom. The zero-order valence-corrected chi connectivity index (χ0v) is 7.86. The molecule has 4 nitrogen and oxygen atoms in total. The standard InChI is InChI=1S/C10H13NO3/c11-14-4-3-8-1-2-9-10(7-8)13-6-5-12-9/h1-2,7H,3-6,11H2. The molecule has 76 valence electrons. The zero-order chi connectivity index (χ0) is 9.80. The van der Waals surface area contributed by atoms with Gasteiger partial charge in [0.15, 0.2) is 11.5 Å². The van der Waals surface area contributed by atoms with Crippen LogP contribution in [0.1, 0.15) is 5.56 Å². The van der Waals surface area contributed by atoms with Gasteiger partial charge in [0.2, 0.25) is 0 Å². The Kier molecular flexibility index (Phi) is 2.86. The predicted molar refractivity (Wildman–Crippen MR) is 51.3 cm³/mol. The summed E-state index contributed by atoms with van der Waals surface area (Å²) in [6, 6.07) is 5.88. The summed E-state index contributed by atoms with van der Waals surface area (Å²) in [5.41, 5.74) is 1.14. The Labute approximate surface area is 82.5 Å². The van der Waals surface area contributed by atoms with Crippen molar-refractivity contribution in [2.24, 2.45) is 5.90 Å². The number of hydrogen-bond donors (Lipinski definition) is 1. The summed E-state index contributed by atoms with van der Waals surface area (Å²) in [6.45, 7) is 1.75. The van der Waals surface area contributed by atoms with E-state index in [9.17, 15) is 0 Å². The first-order valence-electron chi connectivity index (χ1n) is 4.60. The van der Waals surface area contributed by atoms with Crippen molar-refractivity contribution >= 4 is 0 Å². The van der Waals surface area contributed by atoms with E-state index in [0.29, 0.717) is 19.8 Å². The maximum absolute atomic E-state index is 5.45. The molecule has 1 aromatic carbocycles. The van der Waals surface area contributed by atoms with Gasteiger partial charge in [-0.25, -0.2) is 5.90 Å². The molecule has 0 spiro atoms. The lowest BCUT2D eigenvalue weighted by Gasteiger charge is -2.18. The average molecular weight is 195 g/mol. The molecule has 1 aromatic rings. The third kappa shape index (κ3) is 1.97. The Morgan fingerprint density at radius 3 is 2.79 bits per heavy atom. The van der Waals surface area contributed by atoms with E-state index in [1.54, 1.807) is 0 Å². The highest BCUT2D eigenvalue weighted by Crippen LogP contribution is 2.30. The second-order valence-corrected chi connectivity index (χ2v) is 3.10. The molecule has 4 heteroatoms. The van der Waals surface area contributed by atoms with Crippen LogP contribution in [0.15, 0.2) is 18.2 Å². The van der Waals surface area contributed by atoms with Crippen molar-refractivity contribution in [3.05, 3.63) is 23.8 Å². The zero-order valence-electron chi connectivity index (χ0n) is 7.86. The second kappa shape index (κ2) is 4.30. The lowest BCUT2D eigenvalue weighted by molar-refractivity contribution is 0.141. The highest BCUT2D eigenvalue weighted by atomic mass is 16.6. The minimum absolute atomic E-state index is 0.514. The summed E-state index contributed by atoms with van der Waals surface area (Å²) in [4.78, 5) is 4.52. The van der Waals surface area contributed by atoms with Gasteiger partial charge in [-0.1, -0.05) is 6.07 Å². The third-order valence-corrected chi connectivity index (χ3v) is 2.12. The molecule has 0 unspecified atom stereocenters. The van der Waals surface area contributed by atoms with Crippen LogP contribution in [0.5, 0.6) is 11.5 Å². The van der Waals surface area contributed by atoms with Crippen molar-refractivity contribution in [1.82, 2.24) is 0 Å². The number of nitrogens with two attached hydrogens (primary N) is 1. The van der Waals surface area contributed by atoms with Gasteiger partial charge in [-0.2, -0.15) is 0 Å². The van der Waals surface area contributed by atoms with Crippen LogP contribution >= 0.6 is 0 Å². The summed E-state index contributed by atoms with van der Waals surface area (Å²) in [5, 5.41) is 0. The largest absolute Gasteiger partial charge is 0.486 e. The summed E-state index contributed by atoms with van der Waals surface area (Å²) in [6.07, 6.45) is 0.785. The van der Waals surface area contributed by atoms with E-state index < -0.39 is 0 Å². The molecule has 2 N–H and O–H groups in total. The fourth-order valence-electron chi connectivity index (χ4n) is 1.42. The quantitative estimate of drug-likeness (QED) is 0.728. The van der Waals surface area contributed by atoms with E-state index >= 15 is 0 Å². The van der Waals surface area contributed by atoms with Crippen molar-refractivity contribution in [3.63, 3.8) is 0 Å². The third-order valence-electron chi connectivity index (χ3n) is 2.12. The lowest BCUT2D eigenvalue weighted by atomic mass is 10.1.